The van der Waals surface area contributed by atoms with Crippen LogP contribution in [0.15, 0.2) is 48.6 Å². The maximum Gasteiger partial charge on any atom is 0.412 e. The summed E-state index contributed by atoms with van der Waals surface area (Å²) in [5, 5.41) is 2.73. The molecule has 0 spiro atoms. The Bertz CT molecular complexity index is 1710. The zero-order valence-corrected chi connectivity index (χ0v) is 31.4. The van der Waals surface area contributed by atoms with Gasteiger partial charge in [0.2, 0.25) is 0 Å². The van der Waals surface area contributed by atoms with E-state index in [2.05, 4.69) is 18.5 Å². The van der Waals surface area contributed by atoms with E-state index in [0.717, 1.165) is 29.6 Å². The van der Waals surface area contributed by atoms with Gasteiger partial charge in [-0.3, -0.25) is 19.7 Å². The number of nitrogen functional groups attached to an aromatic ring is 1. The lowest BCUT2D eigenvalue weighted by molar-refractivity contribution is -0.142. The third-order valence-corrected chi connectivity index (χ3v) is 8.74. The quantitative estimate of drug-likeness (QED) is 0.104. The first-order valence-electron chi connectivity index (χ1n) is 17.5. The molecule has 13 heteroatoms. The van der Waals surface area contributed by atoms with Crippen LogP contribution in [0, 0.1) is 6.92 Å². The molecular formula is C39H52N4O9. The van der Waals surface area contributed by atoms with Crippen molar-refractivity contribution in [3.05, 3.63) is 65.3 Å². The van der Waals surface area contributed by atoms with Gasteiger partial charge in [-0.25, -0.2) is 4.79 Å². The molecule has 0 aromatic heterocycles. The highest BCUT2D eigenvalue weighted by molar-refractivity contribution is 6.04. The Morgan fingerprint density at radius 2 is 1.48 bits per heavy atom. The summed E-state index contributed by atoms with van der Waals surface area (Å²) in [5.41, 5.74) is 9.22. The maximum absolute atomic E-state index is 13.8. The molecule has 2 aliphatic rings. The zero-order valence-electron chi connectivity index (χ0n) is 31.4. The molecule has 0 aliphatic carbocycles. The number of ether oxygens (including phenoxy) is 5. The van der Waals surface area contributed by atoms with Crippen LogP contribution in [0.25, 0.3) is 0 Å². The lowest BCUT2D eigenvalue weighted by Crippen LogP contribution is -2.39. The molecule has 2 aromatic rings. The standard InChI is InChI=1S/C39H52N4O9/c1-10-27-14-23(2)20-42(27)37(46)30-17-34(48-9)35(19-32(30)41-38(47)52-39(6,7)8)50-13-11-12-49-33-18-31(40)29(16-25(33)4)36(45)43-21-24(3)15-28(43)22-51-26(5)44/h16-19,27-28H,2-3,10-15,20-22,40H2,1,4-9H3,(H,41,47)/t27-,28+/m1/s1. The average molecular weight is 721 g/mol. The molecule has 4 rings (SSSR count). The van der Waals surface area contributed by atoms with Crippen LogP contribution in [0.1, 0.15) is 86.6 Å². The summed E-state index contributed by atoms with van der Waals surface area (Å²) in [6.45, 7) is 19.9. The second kappa shape index (κ2) is 16.9. The first-order chi connectivity index (χ1) is 24.5. The molecule has 0 saturated carbocycles. The van der Waals surface area contributed by atoms with Gasteiger partial charge in [-0.15, -0.1) is 0 Å². The van der Waals surface area contributed by atoms with Gasteiger partial charge in [0, 0.05) is 50.3 Å². The molecular weight excluding hydrogens is 668 g/mol. The molecule has 0 radical (unpaired) electrons. The van der Waals surface area contributed by atoms with E-state index in [1.165, 1.54) is 14.0 Å². The molecule has 2 saturated heterocycles. The summed E-state index contributed by atoms with van der Waals surface area (Å²) in [7, 11) is 1.48. The Hall–Kier alpha value is -5.20. The number of nitrogens with one attached hydrogen (secondary N) is 1. The van der Waals surface area contributed by atoms with E-state index in [4.69, 9.17) is 29.4 Å². The number of methoxy groups -OCH3 is 1. The Labute approximate surface area is 306 Å². The van der Waals surface area contributed by atoms with Crippen molar-refractivity contribution >= 4 is 35.3 Å². The van der Waals surface area contributed by atoms with Crippen molar-refractivity contribution in [2.45, 2.75) is 84.9 Å². The molecule has 13 nitrogen and oxygen atoms in total. The minimum atomic E-state index is -0.752. The predicted molar refractivity (Wildman–Crippen MR) is 198 cm³/mol. The number of carbonyl (C=O) groups excluding carboxylic acids is 4. The van der Waals surface area contributed by atoms with Crippen molar-refractivity contribution in [2.24, 2.45) is 0 Å². The van der Waals surface area contributed by atoms with E-state index in [9.17, 15) is 19.2 Å². The molecule has 3 N–H and O–H groups in total. The Morgan fingerprint density at radius 1 is 0.885 bits per heavy atom. The van der Waals surface area contributed by atoms with Crippen LogP contribution in [0.3, 0.4) is 0 Å². The van der Waals surface area contributed by atoms with Crippen molar-refractivity contribution in [3.63, 3.8) is 0 Å². The summed E-state index contributed by atoms with van der Waals surface area (Å²) >= 11 is 0. The van der Waals surface area contributed by atoms with Gasteiger partial charge in [0.1, 0.15) is 18.0 Å². The third-order valence-electron chi connectivity index (χ3n) is 8.74. The fourth-order valence-electron chi connectivity index (χ4n) is 6.26. The molecule has 2 heterocycles. The molecule has 2 aromatic carbocycles. The summed E-state index contributed by atoms with van der Waals surface area (Å²) in [4.78, 5) is 54.9. The Morgan fingerprint density at radius 3 is 2.08 bits per heavy atom. The van der Waals surface area contributed by atoms with Gasteiger partial charge in [0.15, 0.2) is 11.5 Å². The van der Waals surface area contributed by atoms with Crippen molar-refractivity contribution in [1.29, 1.82) is 0 Å². The minimum absolute atomic E-state index is 0.00332. The van der Waals surface area contributed by atoms with Gasteiger partial charge in [0.05, 0.1) is 43.2 Å². The van der Waals surface area contributed by atoms with E-state index < -0.39 is 17.7 Å². The van der Waals surface area contributed by atoms with Gasteiger partial charge in [-0.1, -0.05) is 31.2 Å². The third kappa shape index (κ3) is 9.98. The predicted octanol–water partition coefficient (Wildman–Crippen LogP) is 6.30. The van der Waals surface area contributed by atoms with Gasteiger partial charge < -0.3 is 39.2 Å². The molecule has 3 amide bonds. The van der Waals surface area contributed by atoms with Gasteiger partial charge >= 0.3 is 12.1 Å². The van der Waals surface area contributed by atoms with Crippen LogP contribution in [0.5, 0.6) is 17.2 Å². The summed E-state index contributed by atoms with van der Waals surface area (Å²) in [6.07, 6.45) is 1.79. The van der Waals surface area contributed by atoms with E-state index in [-0.39, 0.29) is 60.7 Å². The first-order valence-corrected chi connectivity index (χ1v) is 17.5. The van der Waals surface area contributed by atoms with Crippen LogP contribution < -0.4 is 25.3 Å². The number of anilines is 2. The largest absolute Gasteiger partial charge is 0.493 e. The molecule has 2 fully saturated rings. The number of hydrogen-bond donors (Lipinski definition) is 2. The highest BCUT2D eigenvalue weighted by Gasteiger charge is 2.34. The number of likely N-dealkylation sites (tertiary alicyclic amines) is 2. The minimum Gasteiger partial charge on any atom is -0.493 e. The first kappa shape index (κ1) is 39.6. The molecule has 52 heavy (non-hydrogen) atoms. The molecule has 2 atom stereocenters. The number of benzene rings is 2. The van der Waals surface area contributed by atoms with E-state index in [0.29, 0.717) is 48.7 Å². The zero-order chi connectivity index (χ0) is 38.3. The van der Waals surface area contributed by atoms with Crippen LogP contribution in [-0.4, -0.2) is 91.4 Å². The van der Waals surface area contributed by atoms with E-state index >= 15 is 0 Å². The normalized spacial score (nSPS) is 17.2. The van der Waals surface area contributed by atoms with Crippen LogP contribution >= 0.6 is 0 Å². The van der Waals surface area contributed by atoms with Crippen molar-refractivity contribution in [3.8, 4) is 17.2 Å². The topological polar surface area (TPSA) is 159 Å². The fraction of sp³-hybridized carbons (Fsp3) is 0.487. The molecule has 0 bridgehead atoms. The second-order valence-electron chi connectivity index (χ2n) is 14.2. The number of nitrogens with two attached hydrogens (primary N) is 1. The van der Waals surface area contributed by atoms with Gasteiger partial charge in [-0.05, 0) is 64.7 Å². The lowest BCUT2D eigenvalue weighted by atomic mass is 10.1. The van der Waals surface area contributed by atoms with Gasteiger partial charge in [0.25, 0.3) is 11.8 Å². The highest BCUT2D eigenvalue weighted by atomic mass is 16.6. The number of rotatable bonds is 13. The Kier molecular flexibility index (Phi) is 12.8. The molecule has 0 unspecified atom stereocenters. The SMILES string of the molecule is C=C1C[C@@H](COC(C)=O)N(C(=O)c2cc(C)c(OCCCOc3cc(NC(=O)OC(C)(C)C)c(C(=O)N4CC(=C)C[C@H]4CC)cc3OC)cc2N)C1. The monoisotopic (exact) mass is 720 g/mol. The van der Waals surface area contributed by atoms with Crippen LogP contribution in [-0.2, 0) is 14.3 Å². The summed E-state index contributed by atoms with van der Waals surface area (Å²) < 4.78 is 28.3. The van der Waals surface area contributed by atoms with Crippen molar-refractivity contribution < 1.29 is 42.9 Å². The number of esters is 1. The van der Waals surface area contributed by atoms with Crippen LogP contribution in [0.4, 0.5) is 16.2 Å². The number of carbonyl (C=O) groups is 4. The number of amides is 3. The fourth-order valence-corrected chi connectivity index (χ4v) is 6.26. The molecule has 282 valence electrons. The van der Waals surface area contributed by atoms with Gasteiger partial charge in [-0.2, -0.15) is 0 Å². The number of aryl methyl sites for hydroxylation is 1. The number of nitrogens with zero attached hydrogens (tertiary/aromatic N) is 2. The summed E-state index contributed by atoms with van der Waals surface area (Å²) in [6, 6.07) is 6.15. The Balaban J connectivity index is 1.44. The van der Waals surface area contributed by atoms with E-state index in [1.807, 2.05) is 13.8 Å². The number of hydrogen-bond acceptors (Lipinski definition) is 10. The molecule has 2 aliphatic heterocycles. The van der Waals surface area contributed by atoms with Crippen molar-refractivity contribution in [2.75, 3.05) is 51.1 Å². The van der Waals surface area contributed by atoms with Crippen LogP contribution in [0.2, 0.25) is 0 Å². The second-order valence-corrected chi connectivity index (χ2v) is 14.2. The maximum atomic E-state index is 13.8. The van der Waals surface area contributed by atoms with E-state index in [1.54, 1.807) is 54.8 Å². The lowest BCUT2D eigenvalue weighted by Gasteiger charge is -2.26. The smallest absolute Gasteiger partial charge is 0.412 e. The highest BCUT2D eigenvalue weighted by Crippen LogP contribution is 2.37. The summed E-state index contributed by atoms with van der Waals surface area (Å²) in [5.74, 6) is 0.231. The van der Waals surface area contributed by atoms with Crippen molar-refractivity contribution in [1.82, 2.24) is 9.80 Å². The average Bonchev–Trinajstić information content (AvgIpc) is 3.64.